The Bertz CT molecular complexity index is 938. The maximum absolute atomic E-state index is 13.0. The van der Waals surface area contributed by atoms with Crippen LogP contribution in [0, 0.1) is 0 Å². The van der Waals surface area contributed by atoms with Crippen LogP contribution in [0.25, 0.3) is 0 Å². The molecule has 0 saturated heterocycles. The summed E-state index contributed by atoms with van der Waals surface area (Å²) in [6, 6.07) is 25.3. The van der Waals surface area contributed by atoms with Crippen molar-refractivity contribution < 1.29 is 9.90 Å². The first-order chi connectivity index (χ1) is 13.7. The number of nitrogens with zero attached hydrogens (tertiary/aromatic N) is 1. The molecule has 0 aromatic heterocycles. The Labute approximate surface area is 165 Å². The smallest absolute Gasteiger partial charge is 0.237 e. The highest BCUT2D eigenvalue weighted by molar-refractivity contribution is 5.82. The molecule has 3 aromatic carbocycles. The highest BCUT2D eigenvalue weighted by Gasteiger charge is 2.31. The highest BCUT2D eigenvalue weighted by Crippen LogP contribution is 2.25. The number of benzene rings is 3. The third kappa shape index (κ3) is 4.24. The molecule has 0 unspecified atom stereocenters. The Morgan fingerprint density at radius 3 is 2.32 bits per heavy atom. The average molecular weight is 372 g/mol. The van der Waals surface area contributed by atoms with Gasteiger partial charge in [-0.3, -0.25) is 9.69 Å². The zero-order valence-electron chi connectivity index (χ0n) is 15.7. The lowest BCUT2D eigenvalue weighted by atomic mass is 9.93. The summed E-state index contributed by atoms with van der Waals surface area (Å²) in [7, 11) is 0. The third-order valence-corrected chi connectivity index (χ3v) is 5.28. The molecule has 0 aliphatic carbocycles. The number of carbonyl (C=O) groups is 1. The molecule has 0 fully saturated rings. The zero-order valence-corrected chi connectivity index (χ0v) is 15.7. The number of amides is 1. The Hall–Kier alpha value is -3.11. The van der Waals surface area contributed by atoms with Crippen LogP contribution in [0.15, 0.2) is 78.9 Å². The molecule has 2 N–H and O–H groups in total. The van der Waals surface area contributed by atoms with Crippen LogP contribution in [0.2, 0.25) is 0 Å². The lowest BCUT2D eigenvalue weighted by Gasteiger charge is -2.36. The van der Waals surface area contributed by atoms with Gasteiger partial charge in [0.25, 0.3) is 0 Å². The molecule has 0 spiro atoms. The van der Waals surface area contributed by atoms with E-state index >= 15 is 0 Å². The second kappa shape index (κ2) is 8.28. The minimum absolute atomic E-state index is 0.0529. The highest BCUT2D eigenvalue weighted by atomic mass is 16.3. The summed E-state index contributed by atoms with van der Waals surface area (Å²) in [4.78, 5) is 15.3. The van der Waals surface area contributed by atoms with Crippen LogP contribution in [-0.2, 0) is 30.8 Å². The fraction of sp³-hybridized carbons (Fsp3) is 0.208. The lowest BCUT2D eigenvalue weighted by molar-refractivity contribution is -0.127. The lowest BCUT2D eigenvalue weighted by Crippen LogP contribution is -2.49. The van der Waals surface area contributed by atoms with Gasteiger partial charge in [-0.1, -0.05) is 66.7 Å². The predicted octanol–water partition coefficient (Wildman–Crippen LogP) is 3.64. The Kier molecular flexibility index (Phi) is 5.40. The number of hydrogen-bond acceptors (Lipinski definition) is 3. The molecule has 0 radical (unpaired) electrons. The molecule has 1 amide bonds. The van der Waals surface area contributed by atoms with Crippen molar-refractivity contribution >= 4 is 5.91 Å². The number of hydrogen-bond donors (Lipinski definition) is 2. The first kappa shape index (κ1) is 18.3. The molecule has 0 saturated carbocycles. The van der Waals surface area contributed by atoms with Crippen molar-refractivity contribution in [1.29, 1.82) is 0 Å². The average Bonchev–Trinajstić information content (AvgIpc) is 2.74. The molecule has 4 rings (SSSR count). The van der Waals surface area contributed by atoms with Gasteiger partial charge in [-0.15, -0.1) is 0 Å². The maximum Gasteiger partial charge on any atom is 0.237 e. The molecular weight excluding hydrogens is 348 g/mol. The number of fused-ring (bicyclic) bond motifs is 1. The first-order valence-corrected chi connectivity index (χ1v) is 9.59. The van der Waals surface area contributed by atoms with Crippen LogP contribution >= 0.6 is 0 Å². The van der Waals surface area contributed by atoms with Crippen molar-refractivity contribution in [1.82, 2.24) is 10.2 Å². The van der Waals surface area contributed by atoms with E-state index in [0.717, 1.165) is 17.7 Å². The van der Waals surface area contributed by atoms with Gasteiger partial charge >= 0.3 is 0 Å². The van der Waals surface area contributed by atoms with E-state index < -0.39 is 0 Å². The summed E-state index contributed by atoms with van der Waals surface area (Å²) >= 11 is 0. The third-order valence-electron chi connectivity index (χ3n) is 5.28. The monoisotopic (exact) mass is 372 g/mol. The number of carbonyl (C=O) groups excluding carboxylic acids is 1. The van der Waals surface area contributed by atoms with Crippen LogP contribution < -0.4 is 5.32 Å². The number of aromatic hydroxyl groups is 1. The molecule has 1 aliphatic rings. The van der Waals surface area contributed by atoms with Crippen molar-refractivity contribution in [2.45, 2.75) is 32.1 Å². The molecule has 4 nitrogen and oxygen atoms in total. The van der Waals surface area contributed by atoms with Gasteiger partial charge in [0.15, 0.2) is 0 Å². The van der Waals surface area contributed by atoms with E-state index in [9.17, 15) is 9.90 Å². The number of rotatable bonds is 5. The summed E-state index contributed by atoms with van der Waals surface area (Å²) in [5.41, 5.74) is 4.69. The van der Waals surface area contributed by atoms with Crippen LogP contribution in [0.1, 0.15) is 22.3 Å². The number of nitrogens with one attached hydrogen (secondary N) is 1. The topological polar surface area (TPSA) is 52.6 Å². The van der Waals surface area contributed by atoms with Gasteiger partial charge in [0.05, 0.1) is 6.04 Å². The van der Waals surface area contributed by atoms with Gasteiger partial charge < -0.3 is 10.4 Å². The van der Waals surface area contributed by atoms with Gasteiger partial charge in [0.1, 0.15) is 5.75 Å². The Morgan fingerprint density at radius 1 is 0.893 bits per heavy atom. The molecule has 1 heterocycles. The predicted molar refractivity (Wildman–Crippen MR) is 110 cm³/mol. The van der Waals surface area contributed by atoms with Crippen molar-refractivity contribution in [3.05, 3.63) is 101 Å². The first-order valence-electron chi connectivity index (χ1n) is 9.59. The molecule has 4 heteroatoms. The molecule has 1 atom stereocenters. The summed E-state index contributed by atoms with van der Waals surface area (Å²) in [5, 5.41) is 12.6. The summed E-state index contributed by atoms with van der Waals surface area (Å²) < 4.78 is 0. The zero-order chi connectivity index (χ0) is 19.3. The van der Waals surface area contributed by atoms with Crippen molar-refractivity contribution in [3.8, 4) is 5.75 Å². The second-order valence-electron chi connectivity index (χ2n) is 7.26. The van der Waals surface area contributed by atoms with Crippen LogP contribution in [-0.4, -0.2) is 22.0 Å². The molecule has 1 aliphatic heterocycles. The van der Waals surface area contributed by atoms with E-state index in [2.05, 4.69) is 22.3 Å². The normalized spacial score (nSPS) is 16.4. The summed E-state index contributed by atoms with van der Waals surface area (Å²) in [6.07, 6.45) is 0.703. The quantitative estimate of drug-likeness (QED) is 0.719. The Morgan fingerprint density at radius 2 is 1.57 bits per heavy atom. The SMILES string of the molecule is O=C(NCc1ccccc1)[C@H]1Cc2ccccc2CN1Cc1ccc(O)cc1. The number of phenols is 1. The van der Waals surface area contributed by atoms with Crippen LogP contribution in [0.5, 0.6) is 5.75 Å². The van der Waals surface area contributed by atoms with Crippen molar-refractivity contribution in [2.24, 2.45) is 0 Å². The maximum atomic E-state index is 13.0. The van der Waals surface area contributed by atoms with E-state index in [1.165, 1.54) is 11.1 Å². The van der Waals surface area contributed by atoms with Gasteiger partial charge in [0, 0.05) is 19.6 Å². The molecule has 142 valence electrons. The molecule has 3 aromatic rings. The van der Waals surface area contributed by atoms with Crippen LogP contribution in [0.3, 0.4) is 0 Å². The van der Waals surface area contributed by atoms with E-state index in [1.807, 2.05) is 54.6 Å². The van der Waals surface area contributed by atoms with E-state index in [-0.39, 0.29) is 17.7 Å². The van der Waals surface area contributed by atoms with Crippen molar-refractivity contribution in [3.63, 3.8) is 0 Å². The molecular formula is C24H24N2O2. The summed E-state index contributed by atoms with van der Waals surface area (Å²) in [5.74, 6) is 0.307. The fourth-order valence-corrected chi connectivity index (χ4v) is 3.74. The fourth-order valence-electron chi connectivity index (χ4n) is 3.74. The van der Waals surface area contributed by atoms with Crippen molar-refractivity contribution in [2.75, 3.05) is 0 Å². The minimum atomic E-state index is -0.215. The second-order valence-corrected chi connectivity index (χ2v) is 7.26. The van der Waals surface area contributed by atoms with E-state index in [4.69, 9.17) is 0 Å². The summed E-state index contributed by atoms with van der Waals surface area (Å²) in [6.45, 7) is 1.93. The molecule has 0 bridgehead atoms. The van der Waals surface area contributed by atoms with Gasteiger partial charge in [-0.2, -0.15) is 0 Å². The molecule has 28 heavy (non-hydrogen) atoms. The van der Waals surface area contributed by atoms with Crippen LogP contribution in [0.4, 0.5) is 0 Å². The number of phenolic OH excluding ortho intramolecular Hbond substituents is 1. The van der Waals surface area contributed by atoms with Gasteiger partial charge in [0.2, 0.25) is 5.91 Å². The Balaban J connectivity index is 1.52. The van der Waals surface area contributed by atoms with E-state index in [1.54, 1.807) is 12.1 Å². The standard InChI is InChI=1S/C24H24N2O2/c27-22-12-10-19(11-13-22)16-26-17-21-9-5-4-8-20(21)14-23(26)24(28)25-15-18-6-2-1-3-7-18/h1-13,23,27H,14-17H2,(H,25,28)/t23-/m1/s1. The van der Waals surface area contributed by atoms with E-state index in [0.29, 0.717) is 19.5 Å². The van der Waals surface area contributed by atoms with Gasteiger partial charge in [-0.05, 0) is 40.8 Å². The minimum Gasteiger partial charge on any atom is -0.508 e. The largest absolute Gasteiger partial charge is 0.508 e. The van der Waals surface area contributed by atoms with Gasteiger partial charge in [-0.25, -0.2) is 0 Å².